The van der Waals surface area contributed by atoms with Crippen LogP contribution in [0.15, 0.2) is 24.3 Å². The van der Waals surface area contributed by atoms with Gasteiger partial charge < -0.3 is 18.9 Å². The monoisotopic (exact) mass is 424 g/mol. The Balaban J connectivity index is 3.35. The molecule has 0 bridgehead atoms. The Morgan fingerprint density at radius 2 is 0.967 bits per heavy atom. The topological polar surface area (TPSA) is 105 Å². The van der Waals surface area contributed by atoms with Gasteiger partial charge in [-0.3, -0.25) is 19.2 Å². The lowest BCUT2D eigenvalue weighted by Gasteiger charge is -2.28. The van der Waals surface area contributed by atoms with E-state index in [0.717, 1.165) is 19.3 Å². The predicted octanol–water partition coefficient (Wildman–Crippen LogP) is 2.90. The number of esters is 4. The van der Waals surface area contributed by atoms with E-state index >= 15 is 0 Å². The van der Waals surface area contributed by atoms with Crippen LogP contribution in [0.25, 0.3) is 0 Å². The lowest BCUT2D eigenvalue weighted by atomic mass is 9.77. The van der Waals surface area contributed by atoms with Crippen molar-refractivity contribution in [2.45, 2.75) is 51.4 Å². The molecular formula is C22H32O8. The van der Waals surface area contributed by atoms with Crippen LogP contribution in [0, 0.1) is 10.8 Å². The van der Waals surface area contributed by atoms with Crippen molar-refractivity contribution in [2.75, 3.05) is 28.4 Å². The minimum atomic E-state index is -1.54. The van der Waals surface area contributed by atoms with Crippen molar-refractivity contribution in [3.05, 3.63) is 24.3 Å². The summed E-state index contributed by atoms with van der Waals surface area (Å²) in [6.45, 7) is 0. The highest BCUT2D eigenvalue weighted by Gasteiger charge is 2.48. The van der Waals surface area contributed by atoms with Gasteiger partial charge in [0.15, 0.2) is 10.8 Å². The number of hydrogen-bond acceptors (Lipinski definition) is 8. The molecule has 1 rings (SSSR count). The van der Waals surface area contributed by atoms with E-state index < -0.39 is 34.7 Å². The molecule has 168 valence electrons. The molecule has 0 radical (unpaired) electrons. The van der Waals surface area contributed by atoms with Gasteiger partial charge in [-0.1, -0.05) is 37.1 Å². The number of carbonyl (C=O) groups excluding carboxylic acids is 4. The van der Waals surface area contributed by atoms with Gasteiger partial charge in [-0.25, -0.2) is 0 Å². The lowest BCUT2D eigenvalue weighted by Crippen LogP contribution is -2.41. The Bertz CT molecular complexity index is 645. The maximum atomic E-state index is 12.5. The third-order valence-electron chi connectivity index (χ3n) is 5.51. The molecule has 0 spiro atoms. The molecule has 0 unspecified atom stereocenters. The first-order valence-corrected chi connectivity index (χ1v) is 9.98. The van der Waals surface area contributed by atoms with E-state index in [4.69, 9.17) is 18.9 Å². The van der Waals surface area contributed by atoms with Gasteiger partial charge in [0.1, 0.15) is 0 Å². The predicted molar refractivity (Wildman–Crippen MR) is 108 cm³/mol. The third kappa shape index (κ3) is 5.70. The molecule has 8 heteroatoms. The number of allylic oxidation sites excluding steroid dienone is 4. The average Bonchev–Trinajstić information content (AvgIpc) is 2.78. The number of ether oxygens (including phenoxy) is 4. The second-order valence-corrected chi connectivity index (χ2v) is 7.29. The Morgan fingerprint density at radius 3 is 1.43 bits per heavy atom. The summed E-state index contributed by atoms with van der Waals surface area (Å²) in [4.78, 5) is 50.2. The summed E-state index contributed by atoms with van der Waals surface area (Å²) >= 11 is 0. The Morgan fingerprint density at radius 1 is 0.567 bits per heavy atom. The van der Waals surface area contributed by atoms with Gasteiger partial charge in [-0.2, -0.15) is 0 Å². The normalized spacial score (nSPS) is 21.2. The quantitative estimate of drug-likeness (QED) is 0.294. The van der Waals surface area contributed by atoms with Crippen molar-refractivity contribution in [3.63, 3.8) is 0 Å². The zero-order valence-electron chi connectivity index (χ0n) is 18.2. The fourth-order valence-electron chi connectivity index (χ4n) is 3.67. The fourth-order valence-corrected chi connectivity index (χ4v) is 3.67. The summed E-state index contributed by atoms with van der Waals surface area (Å²) in [5.41, 5.74) is -3.01. The molecule has 0 fully saturated rings. The van der Waals surface area contributed by atoms with Crippen LogP contribution in [0.1, 0.15) is 51.4 Å². The van der Waals surface area contributed by atoms with Gasteiger partial charge in [0.25, 0.3) is 0 Å². The SMILES string of the molecule is COC(=O)C1(C(=O)OC)C/C=C\CCCCCC(C(=O)OC)(C(=O)OC)C/C=C/C1. The molecule has 0 saturated heterocycles. The molecule has 1 aliphatic carbocycles. The summed E-state index contributed by atoms with van der Waals surface area (Å²) < 4.78 is 19.6. The van der Waals surface area contributed by atoms with Crippen LogP contribution in [-0.2, 0) is 38.1 Å². The highest BCUT2D eigenvalue weighted by molar-refractivity contribution is 6.01. The number of hydrogen-bond donors (Lipinski definition) is 0. The number of rotatable bonds is 4. The van der Waals surface area contributed by atoms with E-state index in [1.807, 2.05) is 6.08 Å². The highest BCUT2D eigenvalue weighted by Crippen LogP contribution is 2.36. The fraction of sp³-hybridized carbons (Fsp3) is 0.636. The molecule has 0 atom stereocenters. The first-order valence-electron chi connectivity index (χ1n) is 9.98. The van der Waals surface area contributed by atoms with Gasteiger partial charge >= 0.3 is 23.9 Å². The molecule has 1 aliphatic rings. The molecule has 8 nitrogen and oxygen atoms in total. The number of methoxy groups -OCH3 is 4. The van der Waals surface area contributed by atoms with Gasteiger partial charge in [0, 0.05) is 0 Å². The molecular weight excluding hydrogens is 392 g/mol. The Hall–Kier alpha value is -2.64. The van der Waals surface area contributed by atoms with Crippen LogP contribution in [-0.4, -0.2) is 52.3 Å². The second-order valence-electron chi connectivity index (χ2n) is 7.29. The van der Waals surface area contributed by atoms with Crippen LogP contribution >= 0.6 is 0 Å². The van der Waals surface area contributed by atoms with Crippen molar-refractivity contribution >= 4 is 23.9 Å². The highest BCUT2D eigenvalue weighted by atomic mass is 16.6. The molecule has 0 N–H and O–H groups in total. The summed E-state index contributed by atoms with van der Waals surface area (Å²) in [6.07, 6.45) is 10.3. The first-order chi connectivity index (χ1) is 14.3. The third-order valence-corrected chi connectivity index (χ3v) is 5.51. The zero-order chi connectivity index (χ0) is 22.6. The molecule has 0 aliphatic heterocycles. The molecule has 0 aromatic heterocycles. The average molecular weight is 424 g/mol. The van der Waals surface area contributed by atoms with E-state index in [9.17, 15) is 19.2 Å². The summed E-state index contributed by atoms with van der Waals surface area (Å²) in [5.74, 6) is -2.75. The number of carbonyl (C=O) groups is 4. The van der Waals surface area contributed by atoms with Crippen LogP contribution in [0.3, 0.4) is 0 Å². The summed E-state index contributed by atoms with van der Waals surface area (Å²) in [6, 6.07) is 0. The van der Waals surface area contributed by atoms with Gasteiger partial charge in [0.2, 0.25) is 0 Å². The molecule has 0 aromatic rings. The molecule has 0 aromatic carbocycles. The van der Waals surface area contributed by atoms with Crippen molar-refractivity contribution in [1.82, 2.24) is 0 Å². The van der Waals surface area contributed by atoms with Crippen molar-refractivity contribution in [2.24, 2.45) is 10.8 Å². The Kier molecular flexibility index (Phi) is 10.3. The summed E-state index contributed by atoms with van der Waals surface area (Å²) in [5, 5.41) is 0. The second kappa shape index (κ2) is 12.1. The molecule has 0 heterocycles. The largest absolute Gasteiger partial charge is 0.468 e. The molecule has 0 saturated carbocycles. The van der Waals surface area contributed by atoms with Crippen LogP contribution in [0.5, 0.6) is 0 Å². The van der Waals surface area contributed by atoms with E-state index in [2.05, 4.69) is 0 Å². The van der Waals surface area contributed by atoms with Crippen LogP contribution in [0.4, 0.5) is 0 Å². The van der Waals surface area contributed by atoms with Gasteiger partial charge in [-0.05, 0) is 38.5 Å². The van der Waals surface area contributed by atoms with Crippen molar-refractivity contribution in [3.8, 4) is 0 Å². The smallest absolute Gasteiger partial charge is 0.323 e. The van der Waals surface area contributed by atoms with Crippen LogP contribution in [0.2, 0.25) is 0 Å². The van der Waals surface area contributed by atoms with Crippen molar-refractivity contribution < 1.29 is 38.1 Å². The minimum absolute atomic E-state index is 0.00485. The van der Waals surface area contributed by atoms with Crippen LogP contribution < -0.4 is 0 Å². The van der Waals surface area contributed by atoms with Gasteiger partial charge in [0.05, 0.1) is 28.4 Å². The van der Waals surface area contributed by atoms with E-state index in [-0.39, 0.29) is 25.7 Å². The minimum Gasteiger partial charge on any atom is -0.468 e. The molecule has 30 heavy (non-hydrogen) atoms. The standard InChI is InChI=1S/C22H32O8/c1-27-17(23)21(18(24)28-2)13-9-7-5-6-8-10-14-22(19(25)29-3,20(26)30-4)16-12-11-15-21/h7,9,11-12H,5-6,8,10,13-16H2,1-4H3/b9-7-,12-11+. The zero-order valence-corrected chi connectivity index (χ0v) is 18.2. The first kappa shape index (κ1) is 25.4. The maximum absolute atomic E-state index is 12.5. The van der Waals surface area contributed by atoms with E-state index in [0.29, 0.717) is 6.42 Å². The van der Waals surface area contributed by atoms with Crippen molar-refractivity contribution in [1.29, 1.82) is 0 Å². The van der Waals surface area contributed by atoms with E-state index in [1.54, 1.807) is 18.2 Å². The molecule has 0 amide bonds. The maximum Gasteiger partial charge on any atom is 0.323 e. The lowest BCUT2D eigenvalue weighted by molar-refractivity contribution is -0.171. The summed E-state index contributed by atoms with van der Waals surface area (Å²) in [7, 11) is 4.88. The Labute approximate surface area is 177 Å². The van der Waals surface area contributed by atoms with E-state index in [1.165, 1.54) is 28.4 Å². The van der Waals surface area contributed by atoms with Gasteiger partial charge in [-0.15, -0.1) is 0 Å².